The van der Waals surface area contributed by atoms with E-state index in [2.05, 4.69) is 4.98 Å². The number of amides is 2. The highest BCUT2D eigenvalue weighted by Gasteiger charge is 2.42. The molecule has 0 spiro atoms. The van der Waals surface area contributed by atoms with E-state index in [1.165, 1.54) is 10.9 Å². The molecule has 0 radical (unpaired) electrons. The molecule has 4 heterocycles. The van der Waals surface area contributed by atoms with E-state index in [9.17, 15) is 19.5 Å². The lowest BCUT2D eigenvalue weighted by molar-refractivity contribution is -0.142. The number of aliphatic hydroxyl groups is 1. The first-order valence-electron chi connectivity index (χ1n) is 14.6. The van der Waals surface area contributed by atoms with Crippen molar-refractivity contribution in [3.63, 3.8) is 0 Å². The number of likely N-dealkylation sites (tertiary alicyclic amines) is 2. The molecule has 5 rings (SSSR count). The molecule has 0 unspecified atom stereocenters. The van der Waals surface area contributed by atoms with Gasteiger partial charge < -0.3 is 24.2 Å². The van der Waals surface area contributed by atoms with Gasteiger partial charge in [0.1, 0.15) is 17.6 Å². The van der Waals surface area contributed by atoms with Gasteiger partial charge in [0.05, 0.1) is 17.5 Å². The Morgan fingerprint density at radius 1 is 1.05 bits per heavy atom. The normalized spacial score (nSPS) is 21.2. The van der Waals surface area contributed by atoms with Gasteiger partial charge in [-0.2, -0.15) is 0 Å². The molecule has 3 aromatic rings. The summed E-state index contributed by atoms with van der Waals surface area (Å²) in [6.45, 7) is 10.1. The molecule has 1 N–H and O–H groups in total. The van der Waals surface area contributed by atoms with Crippen molar-refractivity contribution in [1.29, 1.82) is 0 Å². The Kier molecular flexibility index (Phi) is 7.96. The highest BCUT2D eigenvalue weighted by molar-refractivity contribution is 5.81. The van der Waals surface area contributed by atoms with Gasteiger partial charge in [-0.25, -0.2) is 9.78 Å². The number of piperidine rings is 2. The quantitative estimate of drug-likeness (QED) is 0.508. The molecule has 2 saturated heterocycles. The van der Waals surface area contributed by atoms with Crippen LogP contribution in [-0.4, -0.2) is 78.4 Å². The maximum atomic E-state index is 13.9. The molecule has 41 heavy (non-hydrogen) atoms. The van der Waals surface area contributed by atoms with Gasteiger partial charge in [0.2, 0.25) is 5.91 Å². The fraction of sp³-hybridized carbons (Fsp3) is 0.548. The van der Waals surface area contributed by atoms with Crippen LogP contribution in [0.1, 0.15) is 58.4 Å². The number of fused-ring (bicyclic) bond motifs is 1. The number of hydrogen-bond donors (Lipinski definition) is 1. The third kappa shape index (κ3) is 6.17. The van der Waals surface area contributed by atoms with Crippen molar-refractivity contribution in [2.24, 2.45) is 5.92 Å². The Bertz CT molecular complexity index is 1450. The molecule has 0 bridgehead atoms. The zero-order chi connectivity index (χ0) is 29.4. The fourth-order valence-corrected chi connectivity index (χ4v) is 6.11. The van der Waals surface area contributed by atoms with E-state index < -0.39 is 11.2 Å². The molecule has 2 atom stereocenters. The smallest absolute Gasteiger partial charge is 0.410 e. The molecule has 2 aliphatic heterocycles. The predicted octanol–water partition coefficient (Wildman–Crippen LogP) is 3.61. The number of benzene rings is 1. The van der Waals surface area contributed by atoms with E-state index in [1.807, 2.05) is 73.7 Å². The molecule has 10 nitrogen and oxygen atoms in total. The number of ether oxygens (including phenoxy) is 1. The summed E-state index contributed by atoms with van der Waals surface area (Å²) in [6, 6.07) is 11.6. The van der Waals surface area contributed by atoms with Crippen molar-refractivity contribution in [3.8, 4) is 0 Å². The van der Waals surface area contributed by atoms with Crippen LogP contribution in [0.5, 0.6) is 0 Å². The van der Waals surface area contributed by atoms with Crippen molar-refractivity contribution < 1.29 is 19.4 Å². The summed E-state index contributed by atoms with van der Waals surface area (Å²) < 4.78 is 9.02. The maximum Gasteiger partial charge on any atom is 0.410 e. The van der Waals surface area contributed by atoms with E-state index >= 15 is 0 Å². The van der Waals surface area contributed by atoms with Gasteiger partial charge in [0, 0.05) is 50.8 Å². The Labute approximate surface area is 240 Å². The van der Waals surface area contributed by atoms with Gasteiger partial charge in [-0.05, 0) is 58.6 Å². The van der Waals surface area contributed by atoms with Gasteiger partial charge in [0.15, 0.2) is 0 Å². The van der Waals surface area contributed by atoms with Crippen LogP contribution in [0.2, 0.25) is 0 Å². The minimum absolute atomic E-state index is 0.0471. The molecule has 2 aliphatic rings. The van der Waals surface area contributed by atoms with Crippen molar-refractivity contribution in [2.45, 2.75) is 77.2 Å². The van der Waals surface area contributed by atoms with Crippen molar-refractivity contribution in [1.82, 2.24) is 23.9 Å². The average molecular weight is 564 g/mol. The van der Waals surface area contributed by atoms with Gasteiger partial charge in [-0.15, -0.1) is 0 Å². The van der Waals surface area contributed by atoms with Crippen LogP contribution in [-0.2, 0) is 22.6 Å². The van der Waals surface area contributed by atoms with Crippen LogP contribution in [0.25, 0.3) is 11.0 Å². The largest absolute Gasteiger partial charge is 0.444 e. The van der Waals surface area contributed by atoms with E-state index in [1.54, 1.807) is 11.0 Å². The molecule has 2 amide bonds. The van der Waals surface area contributed by atoms with Crippen molar-refractivity contribution in [2.75, 3.05) is 26.2 Å². The number of nitrogens with zero attached hydrogens (tertiary/aromatic N) is 5. The molecular weight excluding hydrogens is 522 g/mol. The Morgan fingerprint density at radius 2 is 1.76 bits per heavy atom. The second-order valence-corrected chi connectivity index (χ2v) is 12.4. The van der Waals surface area contributed by atoms with Gasteiger partial charge in [-0.3, -0.25) is 14.2 Å². The summed E-state index contributed by atoms with van der Waals surface area (Å²) in [7, 11) is 0. The lowest BCUT2D eigenvalue weighted by Crippen LogP contribution is -2.53. The van der Waals surface area contributed by atoms with Crippen LogP contribution >= 0.6 is 0 Å². The highest BCUT2D eigenvalue weighted by atomic mass is 16.6. The number of aryl methyl sites for hydroxylation is 1. The number of aromatic nitrogens is 3. The van der Waals surface area contributed by atoms with E-state index in [4.69, 9.17) is 4.74 Å². The van der Waals surface area contributed by atoms with Crippen LogP contribution in [0.3, 0.4) is 0 Å². The molecule has 10 heteroatoms. The third-order valence-corrected chi connectivity index (χ3v) is 8.37. The standard InChI is InChI=1S/C31H41N5O5/c1-5-33-15-12-24-26(33)32-21-36(28(24)38)20-31(40)13-17-34(18-14-31)27(37)23-11-16-35(29(39)41-30(2,3)4)19-25(23)22-9-7-6-8-10-22/h6-10,12,15,21,23,25,40H,5,11,13-14,16-20H2,1-4H3/t23-,25+/m1/s1. The first-order chi connectivity index (χ1) is 19.5. The summed E-state index contributed by atoms with van der Waals surface area (Å²) in [4.78, 5) is 47.8. The van der Waals surface area contributed by atoms with Gasteiger partial charge in [-0.1, -0.05) is 30.3 Å². The van der Waals surface area contributed by atoms with Crippen molar-refractivity contribution >= 4 is 23.0 Å². The number of carbonyl (C=O) groups excluding carboxylic acids is 2. The SMILES string of the molecule is CCn1ccc2c(=O)n(CC3(O)CCN(C(=O)[C@@H]4CCN(C(=O)OC(C)(C)C)C[C@H]4c4ccccc4)CC3)cnc21. The minimum Gasteiger partial charge on any atom is -0.444 e. The Balaban J connectivity index is 1.27. The van der Waals surface area contributed by atoms with Gasteiger partial charge in [0.25, 0.3) is 5.56 Å². The average Bonchev–Trinajstić information content (AvgIpc) is 3.38. The van der Waals surface area contributed by atoms with Crippen LogP contribution in [0.4, 0.5) is 4.79 Å². The summed E-state index contributed by atoms with van der Waals surface area (Å²) >= 11 is 0. The first kappa shape index (κ1) is 28.9. The monoisotopic (exact) mass is 563 g/mol. The Hall–Kier alpha value is -3.66. The number of hydrogen-bond acceptors (Lipinski definition) is 6. The van der Waals surface area contributed by atoms with Crippen LogP contribution < -0.4 is 5.56 Å². The molecule has 0 aliphatic carbocycles. The summed E-state index contributed by atoms with van der Waals surface area (Å²) in [5, 5.41) is 11.9. The Morgan fingerprint density at radius 3 is 2.41 bits per heavy atom. The number of carbonyl (C=O) groups is 2. The lowest BCUT2D eigenvalue weighted by Gasteiger charge is -2.43. The first-order valence-corrected chi connectivity index (χ1v) is 14.6. The lowest BCUT2D eigenvalue weighted by atomic mass is 9.79. The molecule has 2 fully saturated rings. The fourth-order valence-electron chi connectivity index (χ4n) is 6.11. The second kappa shape index (κ2) is 11.3. The zero-order valence-corrected chi connectivity index (χ0v) is 24.5. The topological polar surface area (TPSA) is 110 Å². The van der Waals surface area contributed by atoms with E-state index in [0.717, 1.165) is 12.1 Å². The van der Waals surface area contributed by atoms with Crippen LogP contribution in [0.15, 0.2) is 53.7 Å². The van der Waals surface area contributed by atoms with Crippen LogP contribution in [0, 0.1) is 5.92 Å². The maximum absolute atomic E-state index is 13.9. The summed E-state index contributed by atoms with van der Waals surface area (Å²) in [6.07, 6.45) is 4.27. The highest BCUT2D eigenvalue weighted by Crippen LogP contribution is 2.36. The molecule has 220 valence electrons. The molecular formula is C31H41N5O5. The minimum atomic E-state index is -1.11. The summed E-state index contributed by atoms with van der Waals surface area (Å²) in [5.74, 6) is -0.386. The molecule has 2 aromatic heterocycles. The summed E-state index contributed by atoms with van der Waals surface area (Å²) in [5.41, 5.74) is -0.206. The third-order valence-electron chi connectivity index (χ3n) is 8.37. The zero-order valence-electron chi connectivity index (χ0n) is 24.5. The predicted molar refractivity (Wildman–Crippen MR) is 156 cm³/mol. The van der Waals surface area contributed by atoms with E-state index in [-0.39, 0.29) is 35.9 Å². The second-order valence-electron chi connectivity index (χ2n) is 12.4. The van der Waals surface area contributed by atoms with Crippen molar-refractivity contribution in [3.05, 3.63) is 64.8 Å². The molecule has 1 aromatic carbocycles. The number of rotatable bonds is 5. The van der Waals surface area contributed by atoms with E-state index in [0.29, 0.717) is 56.5 Å². The molecule has 0 saturated carbocycles. The van der Waals surface area contributed by atoms with Gasteiger partial charge >= 0.3 is 6.09 Å².